The molecule has 3 aromatic carbocycles. The average Bonchev–Trinajstić information content (AvgIpc) is 3.37. The van der Waals surface area contributed by atoms with Gasteiger partial charge in [-0.15, -0.1) is 0 Å². The molecule has 2 aliphatic heterocycles. The smallest absolute Gasteiger partial charge is 0.304 e. The summed E-state index contributed by atoms with van der Waals surface area (Å²) >= 11 is 0. The first-order valence-electron chi connectivity index (χ1n) is 12.1. The largest absolute Gasteiger partial charge is 0.481 e. The number of carboxylic acids is 1. The quantitative estimate of drug-likeness (QED) is 0.476. The summed E-state index contributed by atoms with van der Waals surface area (Å²) in [6.45, 7) is 2.93. The predicted molar refractivity (Wildman–Crippen MR) is 134 cm³/mol. The van der Waals surface area contributed by atoms with Gasteiger partial charge in [0.05, 0.1) is 11.8 Å². The van der Waals surface area contributed by atoms with Crippen LogP contribution in [-0.4, -0.2) is 30.2 Å². The highest BCUT2D eigenvalue weighted by atomic mass is 16.7. The van der Waals surface area contributed by atoms with E-state index in [1.54, 1.807) is 0 Å². The van der Waals surface area contributed by atoms with Crippen LogP contribution < -0.4 is 14.8 Å². The van der Waals surface area contributed by atoms with Gasteiger partial charge in [-0.1, -0.05) is 30.3 Å². The molecule has 0 bridgehead atoms. The number of ketones is 1. The van der Waals surface area contributed by atoms with Crippen molar-refractivity contribution >= 4 is 17.4 Å². The number of ether oxygens (including phenoxy) is 2. The Morgan fingerprint density at radius 1 is 1.06 bits per heavy atom. The molecule has 1 aliphatic carbocycles. The molecule has 35 heavy (non-hydrogen) atoms. The number of carboxylic acid groups (broad SMARTS) is 1. The second-order valence-corrected chi connectivity index (χ2v) is 9.88. The van der Waals surface area contributed by atoms with Crippen LogP contribution in [0.4, 0.5) is 5.69 Å². The van der Waals surface area contributed by atoms with Gasteiger partial charge in [0.25, 0.3) is 0 Å². The molecular weight excluding hydrogens is 442 g/mol. The molecule has 6 rings (SSSR count). The van der Waals surface area contributed by atoms with Gasteiger partial charge < -0.3 is 19.9 Å². The van der Waals surface area contributed by atoms with Crippen molar-refractivity contribution in [2.45, 2.75) is 43.9 Å². The van der Waals surface area contributed by atoms with Gasteiger partial charge in [0, 0.05) is 26.0 Å². The molecule has 2 N–H and O–H groups in total. The van der Waals surface area contributed by atoms with Crippen LogP contribution >= 0.6 is 0 Å². The van der Waals surface area contributed by atoms with Crippen molar-refractivity contribution in [2.75, 3.05) is 18.7 Å². The van der Waals surface area contributed by atoms with E-state index in [0.717, 1.165) is 57.7 Å². The third-order valence-electron chi connectivity index (χ3n) is 7.64. The van der Waals surface area contributed by atoms with Crippen molar-refractivity contribution in [1.29, 1.82) is 0 Å². The lowest BCUT2D eigenvalue weighted by molar-refractivity contribution is -0.137. The van der Waals surface area contributed by atoms with Gasteiger partial charge in [-0.2, -0.15) is 0 Å². The summed E-state index contributed by atoms with van der Waals surface area (Å²) in [7, 11) is 0. The van der Waals surface area contributed by atoms with E-state index >= 15 is 0 Å². The summed E-state index contributed by atoms with van der Waals surface area (Å²) in [5.41, 5.74) is 6.86. The third kappa shape index (κ3) is 3.83. The summed E-state index contributed by atoms with van der Waals surface area (Å²) in [6.07, 6.45) is 2.19. The SMILES string of the molecule is Cc1ccc(CC(=O)C2(c3ccc4c(c3)OCO4)CC2)cc1-c1ccc2c(c1)C(CC(=O)O)CN2.[HH]. The highest BCUT2D eigenvalue weighted by molar-refractivity contribution is 5.95. The normalized spacial score (nSPS) is 18.6. The van der Waals surface area contributed by atoms with E-state index in [1.165, 1.54) is 0 Å². The molecule has 1 fully saturated rings. The standard InChI is InChI=1S/C29H27NO5.H2/c1-17-2-3-18(10-22(17)19-4-6-24-23(12-19)20(15-30-24)13-28(32)33)11-27(31)29(8-9-29)21-5-7-25-26(14-21)35-16-34-25;/h2-7,10,12,14,20,30H,8-9,11,13,15-16H2,1H3,(H,32,33);1H. The Labute approximate surface area is 205 Å². The summed E-state index contributed by atoms with van der Waals surface area (Å²) in [5.74, 6) is 0.847. The fourth-order valence-electron chi connectivity index (χ4n) is 5.46. The van der Waals surface area contributed by atoms with E-state index in [2.05, 4.69) is 36.5 Å². The topological polar surface area (TPSA) is 84.9 Å². The number of hydrogen-bond acceptors (Lipinski definition) is 5. The van der Waals surface area contributed by atoms with Crippen LogP contribution in [0.1, 0.15) is 48.9 Å². The number of Topliss-reactive ketones (excluding diaryl/α,β-unsaturated/α-hetero) is 1. The molecule has 0 radical (unpaired) electrons. The molecule has 0 saturated heterocycles. The first-order valence-corrected chi connectivity index (χ1v) is 12.1. The second kappa shape index (κ2) is 8.15. The van der Waals surface area contributed by atoms with Crippen LogP contribution in [0, 0.1) is 6.92 Å². The molecule has 2 heterocycles. The maximum Gasteiger partial charge on any atom is 0.304 e. The van der Waals surface area contributed by atoms with Gasteiger partial charge in [-0.25, -0.2) is 0 Å². The Morgan fingerprint density at radius 3 is 2.69 bits per heavy atom. The Balaban J connectivity index is 0.00000267. The van der Waals surface area contributed by atoms with Crippen LogP contribution in [0.5, 0.6) is 11.5 Å². The van der Waals surface area contributed by atoms with Gasteiger partial charge in [0.15, 0.2) is 11.5 Å². The lowest BCUT2D eigenvalue weighted by Gasteiger charge is -2.16. The second-order valence-electron chi connectivity index (χ2n) is 9.88. The van der Waals surface area contributed by atoms with Crippen molar-refractivity contribution in [3.8, 4) is 22.6 Å². The summed E-state index contributed by atoms with van der Waals surface area (Å²) < 4.78 is 10.9. The number of carbonyl (C=O) groups excluding carboxylic acids is 1. The molecule has 1 unspecified atom stereocenters. The zero-order valence-corrected chi connectivity index (χ0v) is 19.6. The summed E-state index contributed by atoms with van der Waals surface area (Å²) in [6, 6.07) is 18.3. The van der Waals surface area contributed by atoms with E-state index in [1.807, 2.05) is 30.3 Å². The molecule has 0 amide bonds. The Bertz CT molecular complexity index is 1360. The van der Waals surface area contributed by atoms with Gasteiger partial charge in [0.1, 0.15) is 5.78 Å². The van der Waals surface area contributed by atoms with Gasteiger partial charge in [-0.3, -0.25) is 9.59 Å². The molecule has 1 saturated carbocycles. The van der Waals surface area contributed by atoms with Gasteiger partial charge >= 0.3 is 5.97 Å². The molecule has 0 aromatic heterocycles. The summed E-state index contributed by atoms with van der Waals surface area (Å²) in [4.78, 5) is 24.8. The Hall–Kier alpha value is -3.80. The van der Waals surface area contributed by atoms with E-state index in [4.69, 9.17) is 9.47 Å². The molecule has 0 spiro atoms. The highest BCUT2D eigenvalue weighted by Crippen LogP contribution is 2.51. The molecule has 3 aliphatic rings. The fourth-order valence-corrected chi connectivity index (χ4v) is 5.46. The van der Waals surface area contributed by atoms with Crippen LogP contribution in [0.3, 0.4) is 0 Å². The number of rotatable bonds is 7. The monoisotopic (exact) mass is 471 g/mol. The minimum absolute atomic E-state index is 0. The minimum Gasteiger partial charge on any atom is -0.481 e. The van der Waals surface area contributed by atoms with Gasteiger partial charge in [0.2, 0.25) is 6.79 Å². The Kier molecular flexibility index (Phi) is 5.06. The molecule has 1 atom stereocenters. The Morgan fingerprint density at radius 2 is 1.89 bits per heavy atom. The molecule has 6 nitrogen and oxygen atoms in total. The van der Waals surface area contributed by atoms with E-state index < -0.39 is 11.4 Å². The van der Waals surface area contributed by atoms with E-state index in [9.17, 15) is 14.7 Å². The van der Waals surface area contributed by atoms with Crippen molar-refractivity contribution in [1.82, 2.24) is 0 Å². The number of fused-ring (bicyclic) bond motifs is 2. The zero-order chi connectivity index (χ0) is 24.2. The third-order valence-corrected chi connectivity index (χ3v) is 7.64. The van der Waals surface area contributed by atoms with Crippen LogP contribution in [0.25, 0.3) is 11.1 Å². The number of hydrogen-bond donors (Lipinski definition) is 2. The van der Waals surface area contributed by atoms with Crippen molar-refractivity contribution in [3.63, 3.8) is 0 Å². The lowest BCUT2D eigenvalue weighted by atomic mass is 9.86. The van der Waals surface area contributed by atoms with Crippen molar-refractivity contribution < 1.29 is 25.6 Å². The van der Waals surface area contributed by atoms with Crippen molar-refractivity contribution in [3.05, 3.63) is 76.9 Å². The van der Waals surface area contributed by atoms with Gasteiger partial charge in [-0.05, 0) is 77.4 Å². The lowest BCUT2D eigenvalue weighted by Crippen LogP contribution is -2.22. The van der Waals surface area contributed by atoms with Crippen LogP contribution in [-0.2, 0) is 21.4 Å². The van der Waals surface area contributed by atoms with E-state index in [-0.39, 0.29) is 26.3 Å². The number of aliphatic carboxylic acids is 1. The zero-order valence-electron chi connectivity index (χ0n) is 19.6. The number of benzene rings is 3. The molecule has 6 heteroatoms. The number of aryl methyl sites for hydroxylation is 1. The maximum absolute atomic E-state index is 13.5. The number of carbonyl (C=O) groups is 2. The van der Waals surface area contributed by atoms with E-state index in [0.29, 0.717) is 18.7 Å². The molecular formula is C29H29NO5. The minimum atomic E-state index is -0.789. The maximum atomic E-state index is 13.5. The van der Waals surface area contributed by atoms with Crippen LogP contribution in [0.15, 0.2) is 54.6 Å². The first-order chi connectivity index (χ1) is 16.9. The predicted octanol–water partition coefficient (Wildman–Crippen LogP) is 5.46. The fraction of sp³-hybridized carbons (Fsp3) is 0.310. The van der Waals surface area contributed by atoms with Crippen molar-refractivity contribution in [2.24, 2.45) is 0 Å². The number of nitrogens with one attached hydrogen (secondary N) is 1. The average molecular weight is 472 g/mol. The molecule has 3 aromatic rings. The number of anilines is 1. The highest BCUT2D eigenvalue weighted by Gasteiger charge is 2.50. The summed E-state index contributed by atoms with van der Waals surface area (Å²) in [5, 5.41) is 12.6. The molecule has 180 valence electrons. The van der Waals surface area contributed by atoms with Crippen LogP contribution in [0.2, 0.25) is 0 Å². The first kappa shape index (κ1) is 21.7.